The molecule has 3 rings (SSSR count). The summed E-state index contributed by atoms with van der Waals surface area (Å²) >= 11 is 0. The number of aromatic nitrogens is 2. The van der Waals surface area contributed by atoms with Crippen LogP contribution in [0.2, 0.25) is 0 Å². The minimum atomic E-state index is -3.76. The molecule has 1 aromatic heterocycles. The van der Waals surface area contributed by atoms with Crippen LogP contribution in [0.5, 0.6) is 5.75 Å². The predicted molar refractivity (Wildman–Crippen MR) is 103 cm³/mol. The fraction of sp³-hybridized carbons (Fsp3) is 0.444. The molecule has 0 unspecified atom stereocenters. The lowest BCUT2D eigenvalue weighted by Crippen LogP contribution is -2.37. The summed E-state index contributed by atoms with van der Waals surface area (Å²) in [6, 6.07) is 4.73. The molecule has 2 heterocycles. The number of methoxy groups -OCH3 is 1. The van der Waals surface area contributed by atoms with Crippen LogP contribution < -0.4 is 14.4 Å². The smallest absolute Gasteiger partial charge is 0.262 e. The Hall–Kier alpha value is -2.39. The van der Waals surface area contributed by atoms with Crippen molar-refractivity contribution in [1.82, 2.24) is 9.97 Å². The van der Waals surface area contributed by atoms with Gasteiger partial charge in [0.2, 0.25) is 5.95 Å². The van der Waals surface area contributed by atoms with Crippen LogP contribution in [-0.4, -0.2) is 51.8 Å². The number of hydrogen-bond donors (Lipinski definition) is 1. The van der Waals surface area contributed by atoms with Crippen LogP contribution in [0.4, 0.5) is 11.6 Å². The van der Waals surface area contributed by atoms with E-state index in [0.717, 1.165) is 18.7 Å². The first-order valence-corrected chi connectivity index (χ1v) is 10.2. The van der Waals surface area contributed by atoms with Gasteiger partial charge in [0.25, 0.3) is 10.0 Å². The number of benzene rings is 1. The Morgan fingerprint density at radius 3 is 2.30 bits per heavy atom. The van der Waals surface area contributed by atoms with Crippen LogP contribution >= 0.6 is 0 Å². The van der Waals surface area contributed by atoms with Crippen molar-refractivity contribution >= 4 is 21.7 Å². The number of nitrogens with one attached hydrogen (secondary N) is 1. The van der Waals surface area contributed by atoms with E-state index >= 15 is 0 Å². The van der Waals surface area contributed by atoms with Crippen LogP contribution in [0, 0.1) is 20.8 Å². The highest BCUT2D eigenvalue weighted by Gasteiger charge is 2.21. The summed E-state index contributed by atoms with van der Waals surface area (Å²) in [5.41, 5.74) is 2.31. The van der Waals surface area contributed by atoms with Gasteiger partial charge in [0.15, 0.2) is 0 Å². The van der Waals surface area contributed by atoms with Gasteiger partial charge in [-0.1, -0.05) is 0 Å². The summed E-state index contributed by atoms with van der Waals surface area (Å²) in [5.74, 6) is 1.23. The average Bonchev–Trinajstić information content (AvgIpc) is 2.65. The molecule has 1 aliphatic heterocycles. The molecular formula is C18H24N4O4S. The number of aryl methyl sites for hydroxylation is 3. The highest BCUT2D eigenvalue weighted by Crippen LogP contribution is 2.26. The Kier molecular flexibility index (Phi) is 5.52. The van der Waals surface area contributed by atoms with E-state index in [1.54, 1.807) is 40.0 Å². The average molecular weight is 392 g/mol. The van der Waals surface area contributed by atoms with Gasteiger partial charge in [0.05, 0.1) is 42.3 Å². The van der Waals surface area contributed by atoms with Crippen molar-refractivity contribution in [3.05, 3.63) is 35.2 Å². The molecule has 1 N–H and O–H groups in total. The van der Waals surface area contributed by atoms with Crippen molar-refractivity contribution in [2.75, 3.05) is 43.0 Å². The predicted octanol–water partition coefficient (Wildman–Crippen LogP) is 2.05. The van der Waals surface area contributed by atoms with E-state index < -0.39 is 10.0 Å². The lowest BCUT2D eigenvalue weighted by molar-refractivity contribution is 0.122. The van der Waals surface area contributed by atoms with E-state index in [2.05, 4.69) is 14.7 Å². The minimum absolute atomic E-state index is 0.164. The molecule has 2 aromatic rings. The van der Waals surface area contributed by atoms with Crippen molar-refractivity contribution in [3.63, 3.8) is 0 Å². The quantitative estimate of drug-likeness (QED) is 0.832. The monoisotopic (exact) mass is 392 g/mol. The summed E-state index contributed by atoms with van der Waals surface area (Å²) in [7, 11) is -2.21. The molecule has 0 aliphatic carbocycles. The molecule has 0 bridgehead atoms. The Bertz CT molecular complexity index is 917. The van der Waals surface area contributed by atoms with E-state index in [-0.39, 0.29) is 4.90 Å². The van der Waals surface area contributed by atoms with E-state index in [9.17, 15) is 8.42 Å². The van der Waals surface area contributed by atoms with Crippen LogP contribution in [-0.2, 0) is 14.8 Å². The van der Waals surface area contributed by atoms with Crippen molar-refractivity contribution < 1.29 is 17.9 Å². The molecule has 9 heteroatoms. The molecule has 0 saturated carbocycles. The van der Waals surface area contributed by atoms with Gasteiger partial charge >= 0.3 is 0 Å². The van der Waals surface area contributed by atoms with Gasteiger partial charge in [-0.15, -0.1) is 0 Å². The summed E-state index contributed by atoms with van der Waals surface area (Å²) < 4.78 is 38.8. The minimum Gasteiger partial charge on any atom is -0.496 e. The molecule has 0 radical (unpaired) electrons. The van der Waals surface area contributed by atoms with Crippen molar-refractivity contribution in [2.24, 2.45) is 0 Å². The molecule has 146 valence electrons. The number of ether oxygens (including phenoxy) is 2. The maximum Gasteiger partial charge on any atom is 0.262 e. The van der Waals surface area contributed by atoms with Crippen LogP contribution in [0.3, 0.4) is 0 Å². The van der Waals surface area contributed by atoms with Crippen molar-refractivity contribution in [2.45, 2.75) is 25.7 Å². The second-order valence-corrected chi connectivity index (χ2v) is 8.09. The van der Waals surface area contributed by atoms with E-state index in [1.165, 1.54) is 6.07 Å². The van der Waals surface area contributed by atoms with E-state index in [4.69, 9.17) is 9.47 Å². The molecule has 8 nitrogen and oxygen atoms in total. The van der Waals surface area contributed by atoms with Crippen LogP contribution in [0.15, 0.2) is 23.1 Å². The maximum absolute atomic E-state index is 12.8. The van der Waals surface area contributed by atoms with Crippen molar-refractivity contribution in [1.29, 1.82) is 0 Å². The van der Waals surface area contributed by atoms with Gasteiger partial charge in [-0.2, -0.15) is 0 Å². The second kappa shape index (κ2) is 7.69. The molecule has 0 spiro atoms. The molecule has 27 heavy (non-hydrogen) atoms. The second-order valence-electron chi connectivity index (χ2n) is 6.41. The van der Waals surface area contributed by atoms with Gasteiger partial charge in [0.1, 0.15) is 5.75 Å². The van der Waals surface area contributed by atoms with Gasteiger partial charge in [0, 0.05) is 13.1 Å². The van der Waals surface area contributed by atoms with Crippen LogP contribution in [0.25, 0.3) is 0 Å². The number of anilines is 2. The molecule has 1 fully saturated rings. The lowest BCUT2D eigenvalue weighted by Gasteiger charge is -2.27. The zero-order valence-electron chi connectivity index (χ0n) is 15.9. The first-order valence-electron chi connectivity index (χ1n) is 8.67. The number of morpholine rings is 1. The summed E-state index contributed by atoms with van der Waals surface area (Å²) in [5, 5.41) is 0. The molecule has 1 aliphatic rings. The first-order chi connectivity index (χ1) is 12.8. The third kappa shape index (κ3) is 4.14. The number of rotatable bonds is 5. The fourth-order valence-corrected chi connectivity index (χ4v) is 4.22. The summed E-state index contributed by atoms with van der Waals surface area (Å²) in [6.45, 7) is 8.05. The van der Waals surface area contributed by atoms with Gasteiger partial charge in [-0.25, -0.2) is 18.4 Å². The number of sulfonamides is 1. The number of nitrogens with zero attached hydrogens (tertiary/aromatic N) is 3. The molecule has 0 amide bonds. The summed E-state index contributed by atoms with van der Waals surface area (Å²) in [4.78, 5) is 11.2. The normalized spacial score (nSPS) is 14.9. The third-order valence-corrected chi connectivity index (χ3v) is 5.81. The van der Waals surface area contributed by atoms with E-state index in [1.807, 2.05) is 4.90 Å². The maximum atomic E-state index is 12.8. The van der Waals surface area contributed by atoms with Gasteiger partial charge < -0.3 is 14.4 Å². The SMILES string of the molecule is COc1ccc(S(=O)(=O)Nc2c(C)nc(N3CCOCC3)nc2C)cc1C. The van der Waals surface area contributed by atoms with E-state index in [0.29, 0.717) is 42.0 Å². The summed E-state index contributed by atoms with van der Waals surface area (Å²) in [6.07, 6.45) is 0. The standard InChI is InChI=1S/C18H24N4O4S/c1-12-11-15(5-6-16(12)25-4)27(23,24)21-17-13(2)19-18(20-14(17)3)22-7-9-26-10-8-22/h5-6,11,21H,7-10H2,1-4H3. The molecule has 1 saturated heterocycles. The lowest BCUT2D eigenvalue weighted by atomic mass is 10.2. The largest absolute Gasteiger partial charge is 0.496 e. The first kappa shape index (κ1) is 19.4. The molecule has 1 aromatic carbocycles. The zero-order valence-corrected chi connectivity index (χ0v) is 16.8. The van der Waals surface area contributed by atoms with Gasteiger partial charge in [-0.05, 0) is 44.5 Å². The highest BCUT2D eigenvalue weighted by molar-refractivity contribution is 7.92. The fourth-order valence-electron chi connectivity index (χ4n) is 2.96. The molecule has 0 atom stereocenters. The zero-order chi connectivity index (χ0) is 19.6. The topological polar surface area (TPSA) is 93.7 Å². The Morgan fingerprint density at radius 1 is 1.11 bits per heavy atom. The highest BCUT2D eigenvalue weighted by atomic mass is 32.2. The third-order valence-electron chi connectivity index (χ3n) is 4.47. The van der Waals surface area contributed by atoms with Gasteiger partial charge in [-0.3, -0.25) is 4.72 Å². The molecular weight excluding hydrogens is 368 g/mol. The van der Waals surface area contributed by atoms with Crippen LogP contribution in [0.1, 0.15) is 17.0 Å². The Morgan fingerprint density at radius 2 is 1.74 bits per heavy atom. The number of hydrogen-bond acceptors (Lipinski definition) is 7. The Balaban J connectivity index is 1.89. The Labute approximate surface area is 159 Å². The van der Waals surface area contributed by atoms with Crippen molar-refractivity contribution in [3.8, 4) is 5.75 Å².